The van der Waals surface area contributed by atoms with Crippen molar-refractivity contribution in [3.63, 3.8) is 0 Å². The third-order valence-electron chi connectivity index (χ3n) is 6.36. The second kappa shape index (κ2) is 10.8. The monoisotopic (exact) mass is 506 g/mol. The number of nitrogens with zero attached hydrogens (tertiary/aromatic N) is 5. The molecule has 0 saturated heterocycles. The minimum atomic E-state index is -1.02. The van der Waals surface area contributed by atoms with Crippen molar-refractivity contribution in [3.8, 4) is 11.6 Å². The highest BCUT2D eigenvalue weighted by Gasteiger charge is 2.34. The summed E-state index contributed by atoms with van der Waals surface area (Å²) in [6, 6.07) is 11.5. The molecule has 10 nitrogen and oxygen atoms in total. The number of aryl methyl sites for hydroxylation is 1. The van der Waals surface area contributed by atoms with Crippen molar-refractivity contribution in [1.82, 2.24) is 30.4 Å². The molecule has 2 amide bonds. The second-order valence-corrected chi connectivity index (χ2v) is 9.10. The van der Waals surface area contributed by atoms with E-state index in [0.717, 1.165) is 30.5 Å². The first-order valence-electron chi connectivity index (χ1n) is 12.2. The fourth-order valence-electron chi connectivity index (χ4n) is 4.54. The van der Waals surface area contributed by atoms with Crippen LogP contribution in [-0.4, -0.2) is 43.0 Å². The van der Waals surface area contributed by atoms with Crippen LogP contribution in [0.1, 0.15) is 48.8 Å². The molecular formula is C26H27FN6O4. The molecule has 1 unspecified atom stereocenters. The van der Waals surface area contributed by atoms with Crippen LogP contribution in [0, 0.1) is 12.7 Å². The Kier molecular flexibility index (Phi) is 7.11. The molecule has 3 aromatic heterocycles. The van der Waals surface area contributed by atoms with Crippen LogP contribution in [0.5, 0.6) is 0 Å². The zero-order valence-electron chi connectivity index (χ0n) is 20.3. The molecule has 4 aromatic rings. The lowest BCUT2D eigenvalue weighted by molar-refractivity contribution is -0.143. The molecule has 0 radical (unpaired) electrons. The summed E-state index contributed by atoms with van der Waals surface area (Å²) >= 11 is 0. The Bertz CT molecular complexity index is 1340. The van der Waals surface area contributed by atoms with Gasteiger partial charge in [-0.25, -0.2) is 4.39 Å². The minimum absolute atomic E-state index is 0.0187. The van der Waals surface area contributed by atoms with E-state index in [0.29, 0.717) is 22.8 Å². The van der Waals surface area contributed by atoms with Crippen molar-refractivity contribution in [2.24, 2.45) is 0 Å². The van der Waals surface area contributed by atoms with Gasteiger partial charge in [0.1, 0.15) is 29.9 Å². The minimum Gasteiger partial charge on any atom is -0.467 e. The van der Waals surface area contributed by atoms with Gasteiger partial charge in [-0.1, -0.05) is 25.0 Å². The van der Waals surface area contributed by atoms with Gasteiger partial charge in [0.15, 0.2) is 5.76 Å². The lowest BCUT2D eigenvalue weighted by Gasteiger charge is -2.31. The number of hydrogen-bond donors (Lipinski definition) is 1. The van der Waals surface area contributed by atoms with E-state index in [1.54, 1.807) is 31.2 Å². The molecule has 1 fully saturated rings. The zero-order chi connectivity index (χ0) is 25.8. The number of hydrogen-bond acceptors (Lipinski definition) is 7. The first-order valence-corrected chi connectivity index (χ1v) is 12.2. The zero-order valence-corrected chi connectivity index (χ0v) is 20.3. The van der Waals surface area contributed by atoms with E-state index in [1.165, 1.54) is 35.4 Å². The van der Waals surface area contributed by atoms with E-state index in [1.807, 2.05) is 0 Å². The van der Waals surface area contributed by atoms with Gasteiger partial charge in [-0.2, -0.15) is 4.80 Å². The summed E-state index contributed by atoms with van der Waals surface area (Å²) < 4.78 is 24.8. The van der Waals surface area contributed by atoms with Crippen LogP contribution in [0.4, 0.5) is 4.39 Å². The predicted molar refractivity (Wildman–Crippen MR) is 129 cm³/mol. The lowest BCUT2D eigenvalue weighted by atomic mass is 10.0. The average molecular weight is 507 g/mol. The summed E-state index contributed by atoms with van der Waals surface area (Å²) in [5.74, 6) is 0.657. The molecule has 0 bridgehead atoms. The summed E-state index contributed by atoms with van der Waals surface area (Å²) in [5.41, 5.74) is 0.482. The van der Waals surface area contributed by atoms with Crippen LogP contribution in [0.2, 0.25) is 0 Å². The predicted octanol–water partition coefficient (Wildman–Crippen LogP) is 3.80. The summed E-state index contributed by atoms with van der Waals surface area (Å²) in [4.78, 5) is 29.9. The van der Waals surface area contributed by atoms with Gasteiger partial charge >= 0.3 is 0 Å². The smallest absolute Gasteiger partial charge is 0.247 e. The maximum Gasteiger partial charge on any atom is 0.247 e. The molecule has 0 spiro atoms. The van der Waals surface area contributed by atoms with E-state index < -0.39 is 17.8 Å². The van der Waals surface area contributed by atoms with Gasteiger partial charge in [0.05, 0.1) is 12.8 Å². The number of furan rings is 2. The van der Waals surface area contributed by atoms with Gasteiger partial charge in [-0.3, -0.25) is 9.59 Å². The van der Waals surface area contributed by atoms with Crippen molar-refractivity contribution in [1.29, 1.82) is 0 Å². The molecule has 37 heavy (non-hydrogen) atoms. The van der Waals surface area contributed by atoms with E-state index in [-0.39, 0.29) is 30.9 Å². The van der Waals surface area contributed by atoms with Crippen molar-refractivity contribution in [2.75, 3.05) is 0 Å². The number of halogens is 1. The van der Waals surface area contributed by atoms with Gasteiger partial charge in [0, 0.05) is 6.04 Å². The van der Waals surface area contributed by atoms with Crippen molar-refractivity contribution in [2.45, 2.75) is 57.8 Å². The maximum absolute atomic E-state index is 13.7. The third-order valence-corrected chi connectivity index (χ3v) is 6.36. The highest BCUT2D eigenvalue weighted by molar-refractivity contribution is 5.88. The quantitative estimate of drug-likeness (QED) is 0.367. The summed E-state index contributed by atoms with van der Waals surface area (Å²) in [6.45, 7) is 1.54. The van der Waals surface area contributed by atoms with E-state index >= 15 is 0 Å². The largest absolute Gasteiger partial charge is 0.467 e. The standard InChI is InChI=1S/C26H27FN6O4/c1-17-8-13-22(37-17)25-29-31-33(30-25)16-23(34)32(15-21-7-4-14-36-21)24(18-9-11-19(27)12-10-18)26(35)28-20-5-2-3-6-20/h4,7-14,20,24H,2-3,5-6,15-16H2,1H3,(H,28,35). The SMILES string of the molecule is Cc1ccc(-c2nnn(CC(=O)N(Cc3ccco3)C(C(=O)NC3CCCC3)c3ccc(F)cc3)n2)o1. The molecule has 1 N–H and O–H groups in total. The number of carbonyl (C=O) groups is 2. The fourth-order valence-corrected chi connectivity index (χ4v) is 4.54. The molecule has 0 aliphatic heterocycles. The Morgan fingerprint density at radius 3 is 2.62 bits per heavy atom. The fraction of sp³-hybridized carbons (Fsp3) is 0.346. The van der Waals surface area contributed by atoms with Crippen molar-refractivity contribution in [3.05, 3.63) is 77.7 Å². The third kappa shape index (κ3) is 5.76. The molecule has 1 aromatic carbocycles. The van der Waals surface area contributed by atoms with Gasteiger partial charge in [-0.15, -0.1) is 10.2 Å². The summed E-state index contributed by atoms with van der Waals surface area (Å²) in [7, 11) is 0. The van der Waals surface area contributed by atoms with Crippen molar-refractivity contribution >= 4 is 11.8 Å². The number of carbonyl (C=O) groups excluding carboxylic acids is 2. The molecule has 1 aliphatic rings. The van der Waals surface area contributed by atoms with Gasteiger partial charge in [0.25, 0.3) is 0 Å². The highest BCUT2D eigenvalue weighted by Crippen LogP contribution is 2.27. The lowest BCUT2D eigenvalue weighted by Crippen LogP contribution is -2.46. The molecule has 1 atom stereocenters. The molecule has 1 aliphatic carbocycles. The van der Waals surface area contributed by atoms with Gasteiger partial charge < -0.3 is 19.1 Å². The van der Waals surface area contributed by atoms with Crippen LogP contribution >= 0.6 is 0 Å². The van der Waals surface area contributed by atoms with Crippen LogP contribution < -0.4 is 5.32 Å². The number of nitrogens with one attached hydrogen (secondary N) is 1. The topological polar surface area (TPSA) is 119 Å². The Labute approximate surface area is 212 Å². The van der Waals surface area contributed by atoms with E-state index in [9.17, 15) is 14.0 Å². The van der Waals surface area contributed by atoms with Crippen LogP contribution in [0.25, 0.3) is 11.6 Å². The second-order valence-electron chi connectivity index (χ2n) is 9.10. The average Bonchev–Trinajstić information content (AvgIpc) is 3.69. The van der Waals surface area contributed by atoms with Crippen LogP contribution in [0.3, 0.4) is 0 Å². The van der Waals surface area contributed by atoms with Gasteiger partial charge in [-0.05, 0) is 66.9 Å². The highest BCUT2D eigenvalue weighted by atomic mass is 19.1. The number of tetrazole rings is 1. The number of amides is 2. The van der Waals surface area contributed by atoms with E-state index in [4.69, 9.17) is 8.83 Å². The number of rotatable bonds is 9. The van der Waals surface area contributed by atoms with Crippen LogP contribution in [-0.2, 0) is 22.7 Å². The maximum atomic E-state index is 13.7. The first-order chi connectivity index (χ1) is 18.0. The Balaban J connectivity index is 1.44. The molecule has 1 saturated carbocycles. The molecule has 11 heteroatoms. The summed E-state index contributed by atoms with van der Waals surface area (Å²) in [5, 5.41) is 15.3. The normalized spacial score (nSPS) is 14.5. The molecule has 192 valence electrons. The number of benzene rings is 1. The van der Waals surface area contributed by atoms with Gasteiger partial charge in [0.2, 0.25) is 17.6 Å². The molecule has 3 heterocycles. The van der Waals surface area contributed by atoms with E-state index in [2.05, 4.69) is 20.7 Å². The summed E-state index contributed by atoms with van der Waals surface area (Å²) in [6.07, 6.45) is 5.34. The first kappa shape index (κ1) is 24.4. The Morgan fingerprint density at radius 1 is 1.16 bits per heavy atom. The van der Waals surface area contributed by atoms with Crippen molar-refractivity contribution < 1.29 is 22.8 Å². The molecular weight excluding hydrogens is 479 g/mol. The Morgan fingerprint density at radius 2 is 1.95 bits per heavy atom. The van der Waals surface area contributed by atoms with Crippen LogP contribution in [0.15, 0.2) is 63.6 Å². The number of aromatic nitrogens is 4. The molecule has 5 rings (SSSR count). The Hall–Kier alpha value is -4.28.